The van der Waals surface area contributed by atoms with Crippen LogP contribution in [0.25, 0.3) is 0 Å². The van der Waals surface area contributed by atoms with Gasteiger partial charge < -0.3 is 14.6 Å². The van der Waals surface area contributed by atoms with Gasteiger partial charge in [-0.15, -0.1) is 0 Å². The average molecular weight is 227 g/mol. The van der Waals surface area contributed by atoms with Crippen molar-refractivity contribution in [2.75, 3.05) is 13.2 Å². The van der Waals surface area contributed by atoms with E-state index in [9.17, 15) is 0 Å². The zero-order valence-corrected chi connectivity index (χ0v) is 10.3. The lowest BCUT2D eigenvalue weighted by Crippen LogP contribution is -2.16. The van der Waals surface area contributed by atoms with E-state index < -0.39 is 0 Å². The first-order valence-electron chi connectivity index (χ1n) is 5.80. The highest BCUT2D eigenvalue weighted by Gasteiger charge is 2.00. The van der Waals surface area contributed by atoms with E-state index in [4.69, 9.17) is 9.26 Å². The zero-order chi connectivity index (χ0) is 11.8. The molecule has 1 aromatic heterocycles. The molecule has 5 heteroatoms. The van der Waals surface area contributed by atoms with Crippen LogP contribution in [0.1, 0.15) is 38.4 Å². The second-order valence-corrected chi connectivity index (χ2v) is 4.03. The quantitative estimate of drug-likeness (QED) is 0.685. The number of ether oxygens (including phenoxy) is 1. The van der Waals surface area contributed by atoms with Gasteiger partial charge in [0.2, 0.25) is 5.89 Å². The van der Waals surface area contributed by atoms with Crippen molar-refractivity contribution in [2.45, 2.75) is 46.3 Å². The Morgan fingerprint density at radius 2 is 2.19 bits per heavy atom. The summed E-state index contributed by atoms with van der Waals surface area (Å²) < 4.78 is 10.3. The van der Waals surface area contributed by atoms with Gasteiger partial charge in [0.15, 0.2) is 5.82 Å². The molecule has 1 N–H and O–H groups in total. The van der Waals surface area contributed by atoms with E-state index in [1.54, 1.807) is 6.92 Å². The largest absolute Gasteiger partial charge is 0.379 e. The van der Waals surface area contributed by atoms with Crippen LogP contribution in [0.4, 0.5) is 0 Å². The summed E-state index contributed by atoms with van der Waals surface area (Å²) in [6.45, 7) is 8.35. The van der Waals surface area contributed by atoms with Crippen molar-refractivity contribution in [3.05, 3.63) is 11.7 Å². The van der Waals surface area contributed by atoms with Gasteiger partial charge in [0.05, 0.1) is 12.6 Å². The summed E-state index contributed by atoms with van der Waals surface area (Å²) in [4.78, 5) is 4.10. The molecule has 1 aromatic rings. The van der Waals surface area contributed by atoms with Gasteiger partial charge in [0.25, 0.3) is 0 Å². The summed E-state index contributed by atoms with van der Waals surface area (Å²) in [5.41, 5.74) is 0. The van der Waals surface area contributed by atoms with Crippen LogP contribution in [-0.4, -0.2) is 29.4 Å². The Hall–Kier alpha value is -0.940. The molecule has 0 saturated carbocycles. The minimum Gasteiger partial charge on any atom is -0.379 e. The summed E-state index contributed by atoms with van der Waals surface area (Å²) in [7, 11) is 0. The monoisotopic (exact) mass is 227 g/mol. The second-order valence-electron chi connectivity index (χ2n) is 4.03. The van der Waals surface area contributed by atoms with Crippen molar-refractivity contribution >= 4 is 0 Å². The van der Waals surface area contributed by atoms with Gasteiger partial charge in [-0.05, 0) is 33.2 Å². The van der Waals surface area contributed by atoms with Crippen LogP contribution in [0.5, 0.6) is 0 Å². The predicted molar refractivity (Wildman–Crippen MR) is 61.1 cm³/mol. The van der Waals surface area contributed by atoms with Crippen molar-refractivity contribution in [3.8, 4) is 0 Å². The number of hydrogen-bond acceptors (Lipinski definition) is 5. The fraction of sp³-hybridized carbons (Fsp3) is 0.818. The summed E-state index contributed by atoms with van der Waals surface area (Å²) in [5, 5.41) is 7.06. The Morgan fingerprint density at radius 3 is 2.81 bits per heavy atom. The van der Waals surface area contributed by atoms with Crippen LogP contribution in [0.15, 0.2) is 4.52 Å². The normalized spacial score (nSPS) is 11.2. The molecular formula is C11H21N3O2. The Balaban J connectivity index is 1.92. The van der Waals surface area contributed by atoms with Gasteiger partial charge in [0.1, 0.15) is 0 Å². The fourth-order valence-electron chi connectivity index (χ4n) is 1.28. The topological polar surface area (TPSA) is 60.2 Å². The average Bonchev–Trinajstić information content (AvgIpc) is 2.62. The van der Waals surface area contributed by atoms with Crippen molar-refractivity contribution in [2.24, 2.45) is 0 Å². The molecule has 0 amide bonds. The van der Waals surface area contributed by atoms with Crippen LogP contribution < -0.4 is 5.32 Å². The van der Waals surface area contributed by atoms with Gasteiger partial charge in [-0.3, -0.25) is 0 Å². The van der Waals surface area contributed by atoms with Crippen LogP contribution in [0, 0.1) is 6.92 Å². The number of unbranched alkanes of at least 4 members (excludes halogenated alkanes) is 1. The Kier molecular flexibility index (Phi) is 6.03. The molecule has 0 spiro atoms. The van der Waals surface area contributed by atoms with E-state index in [0.29, 0.717) is 18.5 Å². The van der Waals surface area contributed by atoms with Gasteiger partial charge in [0, 0.05) is 13.5 Å². The molecule has 0 aromatic carbocycles. The second kappa shape index (κ2) is 7.35. The third-order valence-corrected chi connectivity index (χ3v) is 2.05. The van der Waals surface area contributed by atoms with E-state index in [0.717, 1.165) is 31.8 Å². The maximum atomic E-state index is 5.44. The van der Waals surface area contributed by atoms with Crippen LogP contribution in [0.2, 0.25) is 0 Å². The molecule has 0 fully saturated rings. The third-order valence-electron chi connectivity index (χ3n) is 2.05. The number of aryl methyl sites for hydroxylation is 1. The smallest absolute Gasteiger partial charge is 0.223 e. The van der Waals surface area contributed by atoms with Gasteiger partial charge in [-0.25, -0.2) is 0 Å². The Labute approximate surface area is 96.6 Å². The minimum atomic E-state index is 0.329. The highest BCUT2D eigenvalue weighted by molar-refractivity contribution is 4.82. The number of rotatable bonds is 8. The minimum absolute atomic E-state index is 0.329. The molecule has 0 atom stereocenters. The van der Waals surface area contributed by atoms with Gasteiger partial charge in [-0.2, -0.15) is 4.98 Å². The molecule has 0 unspecified atom stereocenters. The molecule has 16 heavy (non-hydrogen) atoms. The third kappa shape index (κ3) is 5.82. The molecule has 0 aliphatic carbocycles. The van der Waals surface area contributed by atoms with E-state index in [1.807, 2.05) is 0 Å². The first-order valence-corrected chi connectivity index (χ1v) is 5.80. The van der Waals surface area contributed by atoms with E-state index in [1.165, 1.54) is 0 Å². The van der Waals surface area contributed by atoms with Crippen LogP contribution >= 0.6 is 0 Å². The van der Waals surface area contributed by atoms with E-state index >= 15 is 0 Å². The maximum Gasteiger partial charge on any atom is 0.223 e. The molecule has 5 nitrogen and oxygen atoms in total. The molecule has 0 saturated heterocycles. The van der Waals surface area contributed by atoms with Gasteiger partial charge >= 0.3 is 0 Å². The summed E-state index contributed by atoms with van der Waals surface area (Å²) in [6.07, 6.45) is 2.51. The molecule has 1 heterocycles. The first-order chi connectivity index (χ1) is 7.68. The Bertz CT molecular complexity index is 287. The van der Waals surface area contributed by atoms with Crippen molar-refractivity contribution in [3.63, 3.8) is 0 Å². The van der Waals surface area contributed by atoms with Crippen molar-refractivity contribution in [1.82, 2.24) is 15.5 Å². The maximum absolute atomic E-state index is 5.44. The predicted octanol–water partition coefficient (Wildman–Crippen LogP) is 1.67. The van der Waals surface area contributed by atoms with Crippen molar-refractivity contribution < 1.29 is 9.26 Å². The number of nitrogens with one attached hydrogen (secondary N) is 1. The number of aromatic nitrogens is 2. The molecule has 0 aliphatic rings. The summed E-state index contributed by atoms with van der Waals surface area (Å²) in [6, 6.07) is 0. The lowest BCUT2D eigenvalue weighted by molar-refractivity contribution is 0.0760. The van der Waals surface area contributed by atoms with Crippen molar-refractivity contribution in [1.29, 1.82) is 0 Å². The van der Waals surface area contributed by atoms with E-state index in [2.05, 4.69) is 29.3 Å². The molecule has 0 radical (unpaired) electrons. The Morgan fingerprint density at radius 1 is 1.38 bits per heavy atom. The standard InChI is InChI=1S/C11H21N3O2/c1-9(2)15-7-5-4-6-12-8-11-13-10(3)16-14-11/h9,12H,4-8H2,1-3H3. The fourth-order valence-corrected chi connectivity index (χ4v) is 1.28. The number of nitrogens with zero attached hydrogens (tertiary/aromatic N) is 2. The molecule has 0 aliphatic heterocycles. The summed E-state index contributed by atoms with van der Waals surface area (Å²) >= 11 is 0. The van der Waals surface area contributed by atoms with E-state index in [-0.39, 0.29) is 0 Å². The first kappa shape index (κ1) is 13.1. The molecule has 1 rings (SSSR count). The lowest BCUT2D eigenvalue weighted by Gasteiger charge is -2.06. The van der Waals surface area contributed by atoms with Gasteiger partial charge in [-0.1, -0.05) is 5.16 Å². The molecular weight excluding hydrogens is 206 g/mol. The van der Waals surface area contributed by atoms with Crippen LogP contribution in [0.3, 0.4) is 0 Å². The number of hydrogen-bond donors (Lipinski definition) is 1. The lowest BCUT2D eigenvalue weighted by atomic mass is 10.3. The molecule has 0 bridgehead atoms. The highest BCUT2D eigenvalue weighted by atomic mass is 16.5. The SMILES string of the molecule is Cc1nc(CNCCCCOC(C)C)no1. The zero-order valence-electron chi connectivity index (χ0n) is 10.3. The summed E-state index contributed by atoms with van der Waals surface area (Å²) in [5.74, 6) is 1.33. The highest BCUT2D eigenvalue weighted by Crippen LogP contribution is 1.95. The van der Waals surface area contributed by atoms with Crippen LogP contribution in [-0.2, 0) is 11.3 Å². The molecule has 92 valence electrons.